The number of hydrogen-bond donors (Lipinski definition) is 2. The third-order valence-corrected chi connectivity index (χ3v) is 6.57. The molecule has 0 unspecified atom stereocenters. The molecule has 0 bridgehead atoms. The second-order valence-electron chi connectivity index (χ2n) is 8.21. The molecule has 0 atom stereocenters. The average Bonchev–Trinajstić information content (AvgIpc) is 2.82. The third-order valence-electron chi connectivity index (χ3n) is 5.92. The number of benzene rings is 1. The van der Waals surface area contributed by atoms with Gasteiger partial charge in [0.05, 0.1) is 10.6 Å². The van der Waals surface area contributed by atoms with Crippen LogP contribution in [0.5, 0.6) is 0 Å². The maximum Gasteiger partial charge on any atom is 0.258 e. The molecule has 2 aliphatic rings. The number of carbonyl (C=O) groups is 1. The smallest absolute Gasteiger partial charge is 0.258 e. The molecule has 166 valence electrons. The summed E-state index contributed by atoms with van der Waals surface area (Å²) in [5.74, 6) is 0.862. The van der Waals surface area contributed by atoms with Crippen LogP contribution in [-0.2, 0) is 0 Å². The normalized spacial score (nSPS) is 17.2. The zero-order valence-electron chi connectivity index (χ0n) is 17.9. The van der Waals surface area contributed by atoms with Crippen molar-refractivity contribution in [2.24, 2.45) is 5.92 Å². The highest BCUT2D eigenvalue weighted by atomic mass is 35.5. The molecule has 2 heterocycles. The maximum absolute atomic E-state index is 12.8. The molecule has 1 saturated heterocycles. The van der Waals surface area contributed by atoms with Gasteiger partial charge in [-0.25, -0.2) is 4.98 Å². The fraction of sp³-hybridized carbons (Fsp3) is 0.320. The summed E-state index contributed by atoms with van der Waals surface area (Å²) in [6.45, 7) is 3.94. The van der Waals surface area contributed by atoms with Gasteiger partial charge >= 0.3 is 0 Å². The fourth-order valence-electron chi connectivity index (χ4n) is 4.04. The van der Waals surface area contributed by atoms with Crippen LogP contribution in [0.15, 0.2) is 66.4 Å². The van der Waals surface area contributed by atoms with Gasteiger partial charge in [-0.1, -0.05) is 54.2 Å². The summed E-state index contributed by atoms with van der Waals surface area (Å²) in [6, 6.07) is 11.0. The van der Waals surface area contributed by atoms with E-state index in [4.69, 9.17) is 23.8 Å². The molecule has 2 aromatic rings. The lowest BCUT2D eigenvalue weighted by atomic mass is 9.95. The molecule has 1 aliphatic heterocycles. The molecule has 0 saturated carbocycles. The Balaban J connectivity index is 1.29. The molecule has 7 heteroatoms. The Morgan fingerprint density at radius 2 is 2.00 bits per heavy atom. The van der Waals surface area contributed by atoms with Gasteiger partial charge in [0, 0.05) is 36.3 Å². The third kappa shape index (κ3) is 6.03. The molecule has 0 spiro atoms. The van der Waals surface area contributed by atoms with E-state index in [1.165, 1.54) is 11.8 Å². The van der Waals surface area contributed by atoms with Crippen LogP contribution in [0.2, 0.25) is 5.02 Å². The number of nitrogens with one attached hydrogen (secondary N) is 2. The van der Waals surface area contributed by atoms with Crippen molar-refractivity contribution < 1.29 is 4.79 Å². The van der Waals surface area contributed by atoms with Gasteiger partial charge in [-0.2, -0.15) is 0 Å². The summed E-state index contributed by atoms with van der Waals surface area (Å²) in [4.78, 5) is 20.5. The maximum atomic E-state index is 12.8. The second kappa shape index (κ2) is 10.9. The van der Waals surface area contributed by atoms with E-state index >= 15 is 0 Å². The Hall–Kier alpha value is -2.54. The van der Waals surface area contributed by atoms with E-state index in [-0.39, 0.29) is 5.91 Å². The van der Waals surface area contributed by atoms with Gasteiger partial charge in [-0.05, 0) is 61.7 Å². The number of para-hydroxylation sites is 1. The van der Waals surface area contributed by atoms with E-state index in [0.29, 0.717) is 22.3 Å². The van der Waals surface area contributed by atoms with Crippen molar-refractivity contribution in [3.05, 3.63) is 77.0 Å². The standard InChI is InChI=1S/C25H27ClN4OS/c26-20-9-10-24(28-16-20)29-25(31)21-6-2-3-7-22(21)27-15-18-11-13-30(14-12-18)17-19-5-1-4-8-23(19)32/h1-7,9-10,16,18,27H,8,11-15,17H2,(H,28,29,31). The Labute approximate surface area is 199 Å². The van der Waals surface area contributed by atoms with Crippen molar-refractivity contribution in [1.29, 1.82) is 0 Å². The Kier molecular flexibility index (Phi) is 7.68. The Morgan fingerprint density at radius 1 is 1.19 bits per heavy atom. The van der Waals surface area contributed by atoms with Crippen LogP contribution < -0.4 is 10.6 Å². The van der Waals surface area contributed by atoms with Gasteiger partial charge in [0.1, 0.15) is 5.82 Å². The number of halogens is 1. The summed E-state index contributed by atoms with van der Waals surface area (Å²) < 4.78 is 0. The van der Waals surface area contributed by atoms with Crippen molar-refractivity contribution in [2.45, 2.75) is 19.3 Å². The molecule has 5 nitrogen and oxygen atoms in total. The van der Waals surface area contributed by atoms with Crippen LogP contribution in [0, 0.1) is 5.92 Å². The highest BCUT2D eigenvalue weighted by Crippen LogP contribution is 2.23. The van der Waals surface area contributed by atoms with Gasteiger partial charge in [-0.15, -0.1) is 0 Å². The number of carbonyl (C=O) groups excluding carboxylic acids is 1. The van der Waals surface area contributed by atoms with Crippen LogP contribution in [0.3, 0.4) is 0 Å². The molecule has 1 aromatic heterocycles. The van der Waals surface area contributed by atoms with Gasteiger partial charge < -0.3 is 10.6 Å². The molecule has 1 amide bonds. The predicted molar refractivity (Wildman–Crippen MR) is 136 cm³/mol. The zero-order chi connectivity index (χ0) is 22.3. The monoisotopic (exact) mass is 466 g/mol. The summed E-state index contributed by atoms with van der Waals surface area (Å²) >= 11 is 11.4. The van der Waals surface area contributed by atoms with E-state index in [0.717, 1.165) is 56.0 Å². The van der Waals surface area contributed by atoms with E-state index in [2.05, 4.69) is 38.7 Å². The Morgan fingerprint density at radius 3 is 2.75 bits per heavy atom. The molecule has 2 N–H and O–H groups in total. The Bertz CT molecular complexity index is 1030. The van der Waals surface area contributed by atoms with E-state index in [1.54, 1.807) is 12.1 Å². The summed E-state index contributed by atoms with van der Waals surface area (Å²) in [7, 11) is 0. The molecule has 1 fully saturated rings. The minimum Gasteiger partial charge on any atom is -0.384 e. The number of hydrogen-bond acceptors (Lipinski definition) is 5. The van der Waals surface area contributed by atoms with Gasteiger partial charge in [0.25, 0.3) is 5.91 Å². The summed E-state index contributed by atoms with van der Waals surface area (Å²) in [5.41, 5.74) is 2.73. The minimum absolute atomic E-state index is 0.191. The first-order valence-electron chi connectivity index (χ1n) is 11.0. The average molecular weight is 467 g/mol. The van der Waals surface area contributed by atoms with Crippen molar-refractivity contribution in [2.75, 3.05) is 36.8 Å². The van der Waals surface area contributed by atoms with Gasteiger partial charge in [-0.3, -0.25) is 9.69 Å². The number of thiocarbonyl (C=S) groups is 1. The van der Waals surface area contributed by atoms with Gasteiger partial charge in [0.15, 0.2) is 0 Å². The number of piperidine rings is 1. The summed E-state index contributed by atoms with van der Waals surface area (Å²) in [5, 5.41) is 6.87. The number of likely N-dealkylation sites (tertiary alicyclic amines) is 1. The number of anilines is 2. The number of rotatable bonds is 7. The lowest BCUT2D eigenvalue weighted by molar-refractivity contribution is 0.102. The minimum atomic E-state index is -0.191. The van der Waals surface area contributed by atoms with Crippen molar-refractivity contribution >= 4 is 46.1 Å². The van der Waals surface area contributed by atoms with Crippen LogP contribution in [0.1, 0.15) is 29.6 Å². The van der Waals surface area contributed by atoms with Crippen LogP contribution in [-0.4, -0.2) is 46.8 Å². The highest BCUT2D eigenvalue weighted by Gasteiger charge is 2.21. The van der Waals surface area contributed by atoms with Crippen molar-refractivity contribution in [3.63, 3.8) is 0 Å². The predicted octanol–water partition coefficient (Wildman–Crippen LogP) is 5.37. The first kappa shape index (κ1) is 22.6. The quantitative estimate of drug-likeness (QED) is 0.537. The molecular weight excluding hydrogens is 440 g/mol. The number of pyridine rings is 1. The lowest BCUT2D eigenvalue weighted by Gasteiger charge is -2.33. The zero-order valence-corrected chi connectivity index (χ0v) is 19.5. The molecule has 0 radical (unpaired) electrons. The van der Waals surface area contributed by atoms with E-state index in [1.807, 2.05) is 24.3 Å². The van der Waals surface area contributed by atoms with Crippen LogP contribution in [0.25, 0.3) is 0 Å². The largest absolute Gasteiger partial charge is 0.384 e. The first-order valence-corrected chi connectivity index (χ1v) is 11.7. The number of amides is 1. The first-order chi connectivity index (χ1) is 15.6. The molecule has 1 aromatic carbocycles. The van der Waals surface area contributed by atoms with Gasteiger partial charge in [0.2, 0.25) is 0 Å². The van der Waals surface area contributed by atoms with E-state index in [9.17, 15) is 4.79 Å². The van der Waals surface area contributed by atoms with E-state index < -0.39 is 0 Å². The van der Waals surface area contributed by atoms with Crippen LogP contribution in [0.4, 0.5) is 11.5 Å². The van der Waals surface area contributed by atoms with Crippen molar-refractivity contribution in [1.82, 2.24) is 9.88 Å². The second-order valence-corrected chi connectivity index (χ2v) is 9.14. The topological polar surface area (TPSA) is 57.3 Å². The molecular formula is C25H27ClN4OS. The number of allylic oxidation sites excluding steroid dienone is 3. The molecule has 32 heavy (non-hydrogen) atoms. The molecule has 4 rings (SSSR count). The number of nitrogens with zero attached hydrogens (tertiary/aromatic N) is 2. The SMILES string of the molecule is O=C(Nc1ccc(Cl)cn1)c1ccccc1NCC1CCN(CC2=CC=CCC2=S)CC1. The summed E-state index contributed by atoms with van der Waals surface area (Å²) in [6.07, 6.45) is 11.1. The fourth-order valence-corrected chi connectivity index (χ4v) is 4.38. The highest BCUT2D eigenvalue weighted by molar-refractivity contribution is 7.80. The number of aromatic nitrogens is 1. The van der Waals surface area contributed by atoms with Crippen molar-refractivity contribution in [3.8, 4) is 0 Å². The molecule has 1 aliphatic carbocycles. The lowest BCUT2D eigenvalue weighted by Crippen LogP contribution is -2.37. The van der Waals surface area contributed by atoms with Crippen LogP contribution >= 0.6 is 23.8 Å².